The predicted molar refractivity (Wildman–Crippen MR) is 80.7 cm³/mol. The zero-order valence-electron chi connectivity index (χ0n) is 11.3. The Kier molecular flexibility index (Phi) is 4.32. The Bertz CT molecular complexity index is 538. The molecule has 1 saturated heterocycles. The van der Waals surface area contributed by atoms with E-state index in [1.165, 1.54) is 0 Å². The predicted octanol–water partition coefficient (Wildman–Crippen LogP) is 0.766. The average molecular weight is 297 g/mol. The van der Waals surface area contributed by atoms with Gasteiger partial charge < -0.3 is 20.7 Å². The topological polar surface area (TPSA) is 113 Å². The summed E-state index contributed by atoms with van der Waals surface area (Å²) in [6, 6.07) is 7.31. The first kappa shape index (κ1) is 14.8. The Balaban J connectivity index is 2.21. The molecule has 0 aliphatic carbocycles. The SMILES string of the molecule is CNc1ccccc1N[PH](=O)[C@@]1(N)CCCN(N)C1=O. The van der Waals surface area contributed by atoms with E-state index in [1.54, 1.807) is 13.1 Å². The van der Waals surface area contributed by atoms with Crippen molar-refractivity contribution in [2.24, 2.45) is 11.6 Å². The zero-order chi connectivity index (χ0) is 14.8. The Morgan fingerprint density at radius 1 is 1.35 bits per heavy atom. The van der Waals surface area contributed by atoms with Gasteiger partial charge in [0, 0.05) is 13.6 Å². The summed E-state index contributed by atoms with van der Waals surface area (Å²) in [6.45, 7) is 0.444. The van der Waals surface area contributed by atoms with E-state index in [0.717, 1.165) is 10.7 Å². The minimum atomic E-state index is -2.59. The quantitative estimate of drug-likeness (QED) is 0.371. The maximum atomic E-state index is 12.5. The zero-order valence-corrected chi connectivity index (χ0v) is 12.3. The van der Waals surface area contributed by atoms with Gasteiger partial charge in [-0.25, -0.2) is 5.84 Å². The molecule has 1 aromatic carbocycles. The minimum Gasteiger partial charge on any atom is -0.386 e. The second-order valence-electron chi connectivity index (χ2n) is 4.82. The Morgan fingerprint density at radius 2 is 2.00 bits per heavy atom. The number of hydrazine groups is 1. The lowest BCUT2D eigenvalue weighted by Crippen LogP contribution is -2.59. The molecule has 0 radical (unpaired) electrons. The first-order chi connectivity index (χ1) is 9.49. The van der Waals surface area contributed by atoms with Gasteiger partial charge in [-0.3, -0.25) is 9.80 Å². The van der Waals surface area contributed by atoms with E-state index in [0.29, 0.717) is 25.1 Å². The number of nitrogens with zero attached hydrogens (tertiary/aromatic N) is 1. The van der Waals surface area contributed by atoms with Crippen LogP contribution in [0.15, 0.2) is 24.3 Å². The second kappa shape index (κ2) is 5.83. The summed E-state index contributed by atoms with van der Waals surface area (Å²) in [6.07, 6.45) is 1.01. The molecule has 0 spiro atoms. The minimum absolute atomic E-state index is 0.367. The van der Waals surface area contributed by atoms with Crippen LogP contribution in [0, 0.1) is 0 Å². The standard InChI is InChI=1S/C12H20N5O2P/c1-15-9-5-2-3-6-10(9)16-20(19)12(13)7-4-8-17(14)11(12)18/h2-3,5-6,15,20H,4,7-8,13-14H2,1H3,(H,16,19)/t12-/m0/s1. The van der Waals surface area contributed by atoms with Crippen molar-refractivity contribution in [3.63, 3.8) is 0 Å². The van der Waals surface area contributed by atoms with Crippen LogP contribution in [0.1, 0.15) is 12.8 Å². The summed E-state index contributed by atoms with van der Waals surface area (Å²) in [4.78, 5) is 12.1. The summed E-state index contributed by atoms with van der Waals surface area (Å²) >= 11 is 0. The van der Waals surface area contributed by atoms with Gasteiger partial charge in [-0.05, 0) is 25.0 Å². The third kappa shape index (κ3) is 2.65. The molecule has 110 valence electrons. The van der Waals surface area contributed by atoms with Gasteiger partial charge in [0.15, 0.2) is 13.2 Å². The monoisotopic (exact) mass is 297 g/mol. The number of para-hydroxylation sites is 2. The number of amides is 1. The molecule has 1 aromatic rings. The van der Waals surface area contributed by atoms with E-state index in [-0.39, 0.29) is 0 Å². The molecule has 6 N–H and O–H groups in total. The van der Waals surface area contributed by atoms with Crippen molar-refractivity contribution < 1.29 is 9.36 Å². The summed E-state index contributed by atoms with van der Waals surface area (Å²) < 4.78 is 12.5. The summed E-state index contributed by atoms with van der Waals surface area (Å²) in [5.41, 5.74) is 7.51. The lowest BCUT2D eigenvalue weighted by atomic mass is 10.1. The fraction of sp³-hybridized carbons (Fsp3) is 0.417. The maximum Gasteiger partial charge on any atom is 0.265 e. The normalized spacial score (nSPS) is 24.4. The summed E-state index contributed by atoms with van der Waals surface area (Å²) in [5, 5.41) is 5.50. The highest BCUT2D eigenvalue weighted by molar-refractivity contribution is 7.49. The van der Waals surface area contributed by atoms with Crippen LogP contribution in [0.25, 0.3) is 0 Å². The summed E-state index contributed by atoms with van der Waals surface area (Å²) in [7, 11) is -0.820. The fourth-order valence-corrected chi connectivity index (χ4v) is 3.67. The van der Waals surface area contributed by atoms with E-state index in [2.05, 4.69) is 10.4 Å². The van der Waals surface area contributed by atoms with Crippen molar-refractivity contribution in [1.29, 1.82) is 0 Å². The van der Waals surface area contributed by atoms with Gasteiger partial charge in [-0.15, -0.1) is 0 Å². The van der Waals surface area contributed by atoms with Crippen molar-refractivity contribution in [2.45, 2.75) is 18.1 Å². The molecule has 1 fully saturated rings. The number of carbonyl (C=O) groups excluding carboxylic acids is 1. The molecule has 1 aliphatic rings. The molecule has 1 heterocycles. The fourth-order valence-electron chi connectivity index (χ4n) is 2.25. The maximum absolute atomic E-state index is 12.5. The van der Waals surface area contributed by atoms with E-state index in [4.69, 9.17) is 11.6 Å². The van der Waals surface area contributed by atoms with Crippen molar-refractivity contribution in [1.82, 2.24) is 5.01 Å². The average Bonchev–Trinajstić information content (AvgIpc) is 2.45. The third-order valence-corrected chi connectivity index (χ3v) is 5.23. The Morgan fingerprint density at radius 3 is 2.65 bits per heavy atom. The van der Waals surface area contributed by atoms with Gasteiger partial charge >= 0.3 is 0 Å². The van der Waals surface area contributed by atoms with Crippen LogP contribution in [0.3, 0.4) is 0 Å². The van der Waals surface area contributed by atoms with Crippen LogP contribution in [0.5, 0.6) is 0 Å². The van der Waals surface area contributed by atoms with Crippen molar-refractivity contribution in [2.75, 3.05) is 24.0 Å². The number of carbonyl (C=O) groups is 1. The van der Waals surface area contributed by atoms with Crippen LogP contribution in [-0.4, -0.2) is 29.8 Å². The molecule has 2 rings (SSSR count). The number of hydrogen-bond acceptors (Lipinski definition) is 5. The molecule has 7 nitrogen and oxygen atoms in total. The number of nitrogens with two attached hydrogens (primary N) is 2. The highest BCUT2D eigenvalue weighted by Crippen LogP contribution is 2.42. The van der Waals surface area contributed by atoms with E-state index >= 15 is 0 Å². The van der Waals surface area contributed by atoms with E-state index in [1.807, 2.05) is 18.2 Å². The molecule has 1 amide bonds. The highest BCUT2D eigenvalue weighted by Gasteiger charge is 2.45. The number of benzene rings is 1. The van der Waals surface area contributed by atoms with Crippen molar-refractivity contribution in [3.05, 3.63) is 24.3 Å². The van der Waals surface area contributed by atoms with Gasteiger partial charge in [-0.2, -0.15) is 0 Å². The highest BCUT2D eigenvalue weighted by atomic mass is 31.1. The number of hydrogen-bond donors (Lipinski definition) is 4. The third-order valence-electron chi connectivity index (χ3n) is 3.46. The molecule has 1 aliphatic heterocycles. The Labute approximate surface area is 118 Å². The second-order valence-corrected chi connectivity index (χ2v) is 6.62. The van der Waals surface area contributed by atoms with Crippen LogP contribution >= 0.6 is 7.95 Å². The number of piperidine rings is 1. The van der Waals surface area contributed by atoms with Gasteiger partial charge in [-0.1, -0.05) is 12.1 Å². The van der Waals surface area contributed by atoms with Crippen LogP contribution < -0.4 is 22.0 Å². The number of rotatable bonds is 4. The van der Waals surface area contributed by atoms with Crippen LogP contribution in [-0.2, 0) is 9.36 Å². The molecule has 0 aromatic heterocycles. The first-order valence-electron chi connectivity index (χ1n) is 6.43. The van der Waals surface area contributed by atoms with Gasteiger partial charge in [0.1, 0.15) is 0 Å². The molecule has 0 bridgehead atoms. The Hall–Kier alpha value is -1.56. The number of anilines is 2. The lowest BCUT2D eigenvalue weighted by molar-refractivity contribution is -0.136. The van der Waals surface area contributed by atoms with Crippen LogP contribution in [0.4, 0.5) is 11.4 Å². The van der Waals surface area contributed by atoms with Crippen LogP contribution in [0.2, 0.25) is 0 Å². The molecule has 0 saturated carbocycles. The smallest absolute Gasteiger partial charge is 0.265 e. The first-order valence-corrected chi connectivity index (χ1v) is 7.83. The lowest BCUT2D eigenvalue weighted by Gasteiger charge is -2.36. The molecule has 1 unspecified atom stereocenters. The number of nitrogens with one attached hydrogen (secondary N) is 2. The largest absolute Gasteiger partial charge is 0.386 e. The van der Waals surface area contributed by atoms with E-state index < -0.39 is 19.1 Å². The molecular formula is C12H20N5O2P. The van der Waals surface area contributed by atoms with Gasteiger partial charge in [0.05, 0.1) is 11.4 Å². The van der Waals surface area contributed by atoms with Crippen molar-refractivity contribution >= 4 is 25.2 Å². The molecule has 8 heteroatoms. The van der Waals surface area contributed by atoms with Gasteiger partial charge in [0.2, 0.25) is 0 Å². The van der Waals surface area contributed by atoms with Crippen molar-refractivity contribution in [3.8, 4) is 0 Å². The molecule has 20 heavy (non-hydrogen) atoms. The summed E-state index contributed by atoms with van der Waals surface area (Å²) in [5.74, 6) is 5.11. The molecular weight excluding hydrogens is 277 g/mol. The van der Waals surface area contributed by atoms with E-state index in [9.17, 15) is 9.36 Å². The molecule has 2 atom stereocenters. The van der Waals surface area contributed by atoms with Gasteiger partial charge in [0.25, 0.3) is 5.91 Å².